The van der Waals surface area contributed by atoms with Gasteiger partial charge in [0.2, 0.25) is 0 Å². The van der Waals surface area contributed by atoms with Crippen LogP contribution < -0.4 is 16.0 Å². The van der Waals surface area contributed by atoms with E-state index in [2.05, 4.69) is 10.4 Å². The van der Waals surface area contributed by atoms with Gasteiger partial charge in [-0.15, -0.1) is 0 Å². The summed E-state index contributed by atoms with van der Waals surface area (Å²) < 4.78 is 10.1. The first-order chi connectivity index (χ1) is 7.81. The molecule has 0 aliphatic carbocycles. The summed E-state index contributed by atoms with van der Waals surface area (Å²) in [7, 11) is 3.31. The van der Waals surface area contributed by atoms with Gasteiger partial charge in [-0.1, -0.05) is 0 Å². The minimum absolute atomic E-state index is 0.0812. The molecule has 1 aromatic rings. The van der Waals surface area contributed by atoms with Crippen LogP contribution >= 0.6 is 0 Å². The molecule has 90 valence electrons. The second-order valence-corrected chi connectivity index (χ2v) is 3.51. The Balaban J connectivity index is 2.62. The van der Waals surface area contributed by atoms with Crippen LogP contribution in [-0.4, -0.2) is 25.8 Å². The summed E-state index contributed by atoms with van der Waals surface area (Å²) >= 11 is 0. The van der Waals surface area contributed by atoms with E-state index in [0.717, 1.165) is 30.8 Å². The molecule has 1 atom stereocenters. The van der Waals surface area contributed by atoms with E-state index in [-0.39, 0.29) is 6.04 Å². The van der Waals surface area contributed by atoms with Gasteiger partial charge in [-0.05, 0) is 24.5 Å². The van der Waals surface area contributed by atoms with Crippen LogP contribution in [0.2, 0.25) is 0 Å². The van der Waals surface area contributed by atoms with Crippen molar-refractivity contribution in [2.45, 2.75) is 18.9 Å². The zero-order valence-electron chi connectivity index (χ0n) is 9.77. The first kappa shape index (κ1) is 12.9. The van der Waals surface area contributed by atoms with Crippen molar-refractivity contribution >= 4 is 0 Å². The van der Waals surface area contributed by atoms with Gasteiger partial charge in [-0.3, -0.25) is 16.3 Å². The molecular formula is C11H19N3O2. The number of ether oxygens (including phenoxy) is 2. The van der Waals surface area contributed by atoms with E-state index in [0.29, 0.717) is 0 Å². The molecule has 0 radical (unpaired) electrons. The quantitative estimate of drug-likeness (QED) is 0.412. The second-order valence-electron chi connectivity index (χ2n) is 3.51. The van der Waals surface area contributed by atoms with Gasteiger partial charge in [0.15, 0.2) is 0 Å². The lowest BCUT2D eigenvalue weighted by atomic mass is 10.0. The lowest BCUT2D eigenvalue weighted by Crippen LogP contribution is -2.28. The fourth-order valence-electron chi connectivity index (χ4n) is 1.52. The molecule has 5 heteroatoms. The molecule has 3 N–H and O–H groups in total. The molecule has 5 nitrogen and oxygen atoms in total. The SMILES string of the molecule is COCCCC(NN)c1cncc(OC)c1. The Labute approximate surface area is 95.9 Å². The third-order valence-electron chi connectivity index (χ3n) is 2.41. The molecule has 0 amide bonds. The van der Waals surface area contributed by atoms with Crippen LogP contribution in [0.25, 0.3) is 0 Å². The highest BCUT2D eigenvalue weighted by Crippen LogP contribution is 2.20. The predicted molar refractivity (Wildman–Crippen MR) is 62.0 cm³/mol. The molecule has 0 saturated carbocycles. The van der Waals surface area contributed by atoms with E-state index in [1.807, 2.05) is 6.07 Å². The van der Waals surface area contributed by atoms with Crippen molar-refractivity contribution < 1.29 is 9.47 Å². The maximum absolute atomic E-state index is 5.52. The highest BCUT2D eigenvalue weighted by atomic mass is 16.5. The number of aromatic nitrogens is 1. The molecule has 1 unspecified atom stereocenters. The lowest BCUT2D eigenvalue weighted by molar-refractivity contribution is 0.188. The predicted octanol–water partition coefficient (Wildman–Crippen LogP) is 1.02. The van der Waals surface area contributed by atoms with Gasteiger partial charge < -0.3 is 9.47 Å². The van der Waals surface area contributed by atoms with Crippen LogP contribution in [-0.2, 0) is 4.74 Å². The number of nitrogens with two attached hydrogens (primary N) is 1. The summed E-state index contributed by atoms with van der Waals surface area (Å²) in [5.74, 6) is 6.26. The van der Waals surface area contributed by atoms with Crippen LogP contribution in [0.5, 0.6) is 5.75 Å². The van der Waals surface area contributed by atoms with Gasteiger partial charge in [0.05, 0.1) is 13.3 Å². The monoisotopic (exact) mass is 225 g/mol. The fourth-order valence-corrected chi connectivity index (χ4v) is 1.52. The number of nitrogens with zero attached hydrogens (tertiary/aromatic N) is 1. The van der Waals surface area contributed by atoms with E-state index in [1.54, 1.807) is 26.6 Å². The standard InChI is InChI=1S/C11H19N3O2/c1-15-5-3-4-11(14-12)9-6-10(16-2)8-13-7-9/h6-8,11,14H,3-5,12H2,1-2H3. The third-order valence-corrected chi connectivity index (χ3v) is 2.41. The molecule has 1 heterocycles. The summed E-state index contributed by atoms with van der Waals surface area (Å²) in [6.45, 7) is 0.732. The Morgan fingerprint density at radius 2 is 2.25 bits per heavy atom. The molecule has 16 heavy (non-hydrogen) atoms. The van der Waals surface area contributed by atoms with Crippen molar-refractivity contribution in [3.05, 3.63) is 24.0 Å². The second kappa shape index (κ2) is 7.16. The maximum atomic E-state index is 5.52. The van der Waals surface area contributed by atoms with E-state index in [1.165, 1.54) is 0 Å². The number of hydrogen-bond donors (Lipinski definition) is 2. The number of nitrogens with one attached hydrogen (secondary N) is 1. The Hall–Kier alpha value is -1.17. The van der Waals surface area contributed by atoms with Crippen LogP contribution in [0.15, 0.2) is 18.5 Å². The number of methoxy groups -OCH3 is 2. The molecule has 0 saturated heterocycles. The molecule has 1 aromatic heterocycles. The van der Waals surface area contributed by atoms with E-state index in [9.17, 15) is 0 Å². The zero-order chi connectivity index (χ0) is 11.8. The van der Waals surface area contributed by atoms with Gasteiger partial charge in [0.1, 0.15) is 5.75 Å². The minimum atomic E-state index is 0.0812. The Morgan fingerprint density at radius 3 is 2.88 bits per heavy atom. The highest BCUT2D eigenvalue weighted by Gasteiger charge is 2.10. The number of rotatable bonds is 7. The van der Waals surface area contributed by atoms with Crippen LogP contribution in [0.4, 0.5) is 0 Å². The zero-order valence-corrected chi connectivity index (χ0v) is 9.77. The molecule has 0 spiro atoms. The minimum Gasteiger partial charge on any atom is -0.495 e. The molecular weight excluding hydrogens is 206 g/mol. The van der Waals surface area contributed by atoms with Gasteiger partial charge in [0, 0.05) is 26.0 Å². The average molecular weight is 225 g/mol. The first-order valence-electron chi connectivity index (χ1n) is 5.25. The molecule has 0 fully saturated rings. The van der Waals surface area contributed by atoms with Gasteiger partial charge in [-0.2, -0.15) is 0 Å². The molecule has 0 aliphatic rings. The highest BCUT2D eigenvalue weighted by molar-refractivity contribution is 5.25. The first-order valence-corrected chi connectivity index (χ1v) is 5.25. The Bertz CT molecular complexity index is 307. The van der Waals surface area contributed by atoms with Crippen LogP contribution in [0.1, 0.15) is 24.4 Å². The molecule has 1 rings (SSSR count). The van der Waals surface area contributed by atoms with E-state index >= 15 is 0 Å². The summed E-state index contributed by atoms with van der Waals surface area (Å²) in [4.78, 5) is 4.10. The van der Waals surface area contributed by atoms with Crippen molar-refractivity contribution in [1.82, 2.24) is 10.4 Å². The average Bonchev–Trinajstić information content (AvgIpc) is 2.35. The molecule has 0 bridgehead atoms. The van der Waals surface area contributed by atoms with Gasteiger partial charge in [-0.25, -0.2) is 0 Å². The topological polar surface area (TPSA) is 69.4 Å². The van der Waals surface area contributed by atoms with Crippen LogP contribution in [0, 0.1) is 0 Å². The number of pyridine rings is 1. The van der Waals surface area contributed by atoms with Gasteiger partial charge >= 0.3 is 0 Å². The van der Waals surface area contributed by atoms with Crippen molar-refractivity contribution in [3.63, 3.8) is 0 Å². The Kier molecular flexibility index (Phi) is 5.77. The van der Waals surface area contributed by atoms with Crippen LogP contribution in [0.3, 0.4) is 0 Å². The maximum Gasteiger partial charge on any atom is 0.137 e. The van der Waals surface area contributed by atoms with Crippen molar-refractivity contribution in [2.24, 2.45) is 5.84 Å². The Morgan fingerprint density at radius 1 is 1.44 bits per heavy atom. The number of hydrazine groups is 1. The largest absolute Gasteiger partial charge is 0.495 e. The molecule has 0 aliphatic heterocycles. The van der Waals surface area contributed by atoms with Gasteiger partial charge in [0.25, 0.3) is 0 Å². The van der Waals surface area contributed by atoms with E-state index in [4.69, 9.17) is 15.3 Å². The smallest absolute Gasteiger partial charge is 0.137 e. The fraction of sp³-hybridized carbons (Fsp3) is 0.545. The summed E-state index contributed by atoms with van der Waals surface area (Å²) in [5.41, 5.74) is 3.80. The van der Waals surface area contributed by atoms with Crippen molar-refractivity contribution in [1.29, 1.82) is 0 Å². The normalized spacial score (nSPS) is 12.4. The van der Waals surface area contributed by atoms with Crippen molar-refractivity contribution in [2.75, 3.05) is 20.8 Å². The van der Waals surface area contributed by atoms with E-state index < -0.39 is 0 Å². The summed E-state index contributed by atoms with van der Waals surface area (Å²) in [6, 6.07) is 2.02. The third kappa shape index (κ3) is 3.77. The number of hydrogen-bond acceptors (Lipinski definition) is 5. The summed E-state index contributed by atoms with van der Waals surface area (Å²) in [5, 5.41) is 0. The summed E-state index contributed by atoms with van der Waals surface area (Å²) in [6.07, 6.45) is 5.31. The molecule has 0 aromatic carbocycles. The van der Waals surface area contributed by atoms with Crippen molar-refractivity contribution in [3.8, 4) is 5.75 Å². The lowest BCUT2D eigenvalue weighted by Gasteiger charge is -2.16.